The molecule has 2 N–H and O–H groups in total. The molecule has 98 valence electrons. The third-order valence-corrected chi connectivity index (χ3v) is 2.93. The maximum absolute atomic E-state index is 11.7. The van der Waals surface area contributed by atoms with Crippen molar-refractivity contribution in [2.24, 2.45) is 0 Å². The van der Waals surface area contributed by atoms with E-state index in [1.54, 1.807) is 12.1 Å². The first-order valence-corrected chi connectivity index (χ1v) is 6.20. The highest BCUT2D eigenvalue weighted by Crippen LogP contribution is 2.14. The predicted octanol–water partition coefficient (Wildman–Crippen LogP) is 1.85. The Kier molecular flexibility index (Phi) is 4.04. The van der Waals surface area contributed by atoms with Gasteiger partial charge in [0.1, 0.15) is 5.75 Å². The van der Waals surface area contributed by atoms with Crippen molar-refractivity contribution in [2.75, 3.05) is 7.11 Å². The molecule has 1 heterocycles. The third kappa shape index (κ3) is 2.92. The second-order valence-corrected chi connectivity index (χ2v) is 4.35. The molecule has 0 bridgehead atoms. The van der Waals surface area contributed by atoms with Crippen molar-refractivity contribution in [2.45, 2.75) is 32.5 Å². The summed E-state index contributed by atoms with van der Waals surface area (Å²) in [5.74, 6) is 0.821. The van der Waals surface area contributed by atoms with E-state index in [9.17, 15) is 4.79 Å². The monoisotopic (exact) mass is 249 g/mol. The summed E-state index contributed by atoms with van der Waals surface area (Å²) < 4.78 is 5.10. The Morgan fingerprint density at radius 2 is 2.06 bits per heavy atom. The molecule has 0 spiro atoms. The molecule has 1 fully saturated rings. The summed E-state index contributed by atoms with van der Waals surface area (Å²) in [7, 11) is 1.64. The lowest BCUT2D eigenvalue weighted by Gasteiger charge is -2.16. The van der Waals surface area contributed by atoms with Crippen LogP contribution in [0.3, 0.4) is 0 Å². The number of nitrogens with zero attached hydrogens (tertiary/aromatic N) is 1. The number of carbonyl (C=O) groups is 1. The Morgan fingerprint density at radius 1 is 1.33 bits per heavy atom. The second-order valence-electron chi connectivity index (χ2n) is 4.35. The van der Waals surface area contributed by atoms with Crippen LogP contribution in [0.2, 0.25) is 0 Å². The first-order chi connectivity index (χ1) is 8.72. The molecule has 1 saturated heterocycles. The van der Waals surface area contributed by atoms with Gasteiger partial charge in [0.25, 0.3) is 0 Å². The molecule has 2 rings (SSSR count). The quantitative estimate of drug-likeness (QED) is 0.837. The van der Waals surface area contributed by atoms with Crippen LogP contribution in [0, 0.1) is 0 Å². The molecular weight excluding hydrogens is 230 g/mol. The highest BCUT2D eigenvalue weighted by atomic mass is 16.5. The summed E-state index contributed by atoms with van der Waals surface area (Å²) in [6.07, 6.45) is 2.03. The average molecular weight is 249 g/mol. The van der Waals surface area contributed by atoms with Crippen molar-refractivity contribution >= 4 is 6.03 Å². The molecule has 1 unspecified atom stereocenters. The van der Waals surface area contributed by atoms with Gasteiger partial charge >= 0.3 is 6.03 Å². The lowest BCUT2D eigenvalue weighted by Crippen LogP contribution is -2.36. The van der Waals surface area contributed by atoms with Crippen LogP contribution >= 0.6 is 0 Å². The lowest BCUT2D eigenvalue weighted by atomic mass is 10.2. The van der Waals surface area contributed by atoms with Crippen molar-refractivity contribution in [3.05, 3.63) is 29.8 Å². The van der Waals surface area contributed by atoms with Gasteiger partial charge in [0.05, 0.1) is 19.8 Å². The van der Waals surface area contributed by atoms with E-state index in [0.717, 1.165) is 24.2 Å². The van der Waals surface area contributed by atoms with Crippen LogP contribution in [0.15, 0.2) is 24.3 Å². The highest BCUT2D eigenvalue weighted by molar-refractivity contribution is 5.75. The van der Waals surface area contributed by atoms with E-state index in [2.05, 4.69) is 17.7 Å². The number of benzene rings is 1. The van der Waals surface area contributed by atoms with Crippen molar-refractivity contribution in [3.8, 4) is 5.75 Å². The number of hydrogen-bond acceptors (Lipinski definition) is 3. The Labute approximate surface area is 107 Å². The summed E-state index contributed by atoms with van der Waals surface area (Å²) in [6, 6.07) is 7.64. The van der Waals surface area contributed by atoms with Gasteiger partial charge in [-0.05, 0) is 24.1 Å². The minimum Gasteiger partial charge on any atom is -0.497 e. The molecule has 1 aliphatic heterocycles. The molecule has 0 saturated carbocycles. The number of nitrogens with one attached hydrogen (secondary N) is 2. The van der Waals surface area contributed by atoms with Crippen LogP contribution in [0.5, 0.6) is 5.75 Å². The number of hydrazine groups is 1. The van der Waals surface area contributed by atoms with Crippen molar-refractivity contribution < 1.29 is 9.53 Å². The Hall–Kier alpha value is -1.75. The van der Waals surface area contributed by atoms with Crippen molar-refractivity contribution in [3.63, 3.8) is 0 Å². The standard InChI is InChI=1S/C13H19N3O2/c1-3-4-12-14-13(17)16(15-12)9-10-5-7-11(18-2)8-6-10/h5-8,12,15H,3-4,9H2,1-2H3,(H,14,17). The van der Waals surface area contributed by atoms with E-state index in [1.807, 2.05) is 24.3 Å². The summed E-state index contributed by atoms with van der Waals surface area (Å²) >= 11 is 0. The fraction of sp³-hybridized carbons (Fsp3) is 0.462. The molecule has 0 aliphatic carbocycles. The fourth-order valence-corrected chi connectivity index (χ4v) is 1.96. The molecule has 5 heteroatoms. The Bertz CT molecular complexity index is 405. The SMILES string of the molecule is CCCC1NC(=O)N(Cc2ccc(OC)cc2)N1. The van der Waals surface area contributed by atoms with Crippen LogP contribution in [0.1, 0.15) is 25.3 Å². The van der Waals surface area contributed by atoms with E-state index in [1.165, 1.54) is 0 Å². The normalized spacial score (nSPS) is 18.9. The van der Waals surface area contributed by atoms with E-state index in [4.69, 9.17) is 4.74 Å². The molecule has 1 aliphatic rings. The molecular formula is C13H19N3O2. The van der Waals surface area contributed by atoms with Crippen LogP contribution in [-0.4, -0.2) is 24.3 Å². The number of ether oxygens (including phenoxy) is 1. The molecule has 1 aromatic rings. The third-order valence-electron chi connectivity index (χ3n) is 2.93. The number of hydrogen-bond donors (Lipinski definition) is 2. The van der Waals surface area contributed by atoms with E-state index in [0.29, 0.717) is 6.54 Å². The summed E-state index contributed by atoms with van der Waals surface area (Å²) in [6.45, 7) is 2.65. The first-order valence-electron chi connectivity index (χ1n) is 6.20. The average Bonchev–Trinajstić information content (AvgIpc) is 2.71. The van der Waals surface area contributed by atoms with Crippen LogP contribution in [0.25, 0.3) is 0 Å². The van der Waals surface area contributed by atoms with Gasteiger partial charge in [-0.15, -0.1) is 0 Å². The van der Waals surface area contributed by atoms with Crippen LogP contribution in [0.4, 0.5) is 4.79 Å². The minimum absolute atomic E-state index is 0.0562. The zero-order valence-electron chi connectivity index (χ0n) is 10.8. The maximum atomic E-state index is 11.7. The van der Waals surface area contributed by atoms with Crippen molar-refractivity contribution in [1.82, 2.24) is 15.8 Å². The minimum atomic E-state index is -0.0655. The summed E-state index contributed by atoms with van der Waals surface area (Å²) in [5.41, 5.74) is 4.23. The number of amides is 2. The van der Waals surface area contributed by atoms with Crippen molar-refractivity contribution in [1.29, 1.82) is 0 Å². The summed E-state index contributed by atoms with van der Waals surface area (Å²) in [4.78, 5) is 11.7. The fourth-order valence-electron chi connectivity index (χ4n) is 1.96. The van der Waals surface area contributed by atoms with Gasteiger partial charge in [-0.3, -0.25) is 5.01 Å². The van der Waals surface area contributed by atoms with E-state index >= 15 is 0 Å². The molecule has 5 nitrogen and oxygen atoms in total. The second kappa shape index (κ2) is 5.73. The first kappa shape index (κ1) is 12.7. The topological polar surface area (TPSA) is 53.6 Å². The summed E-state index contributed by atoms with van der Waals surface area (Å²) in [5, 5.41) is 4.51. The molecule has 2 amide bonds. The lowest BCUT2D eigenvalue weighted by molar-refractivity contribution is 0.194. The van der Waals surface area contributed by atoms with Crippen LogP contribution in [-0.2, 0) is 6.54 Å². The molecule has 0 radical (unpaired) electrons. The molecule has 1 atom stereocenters. The largest absolute Gasteiger partial charge is 0.497 e. The van der Waals surface area contributed by atoms with E-state index in [-0.39, 0.29) is 12.2 Å². The Morgan fingerprint density at radius 3 is 2.67 bits per heavy atom. The smallest absolute Gasteiger partial charge is 0.333 e. The molecule has 1 aromatic carbocycles. The van der Waals surface area contributed by atoms with Gasteiger partial charge < -0.3 is 10.1 Å². The number of methoxy groups -OCH3 is 1. The maximum Gasteiger partial charge on any atom is 0.333 e. The van der Waals surface area contributed by atoms with Gasteiger partial charge in [0.15, 0.2) is 0 Å². The predicted molar refractivity (Wildman–Crippen MR) is 68.9 cm³/mol. The van der Waals surface area contributed by atoms with Gasteiger partial charge in [-0.1, -0.05) is 25.5 Å². The van der Waals surface area contributed by atoms with Gasteiger partial charge in [-0.2, -0.15) is 0 Å². The van der Waals surface area contributed by atoms with Gasteiger partial charge in [-0.25, -0.2) is 10.2 Å². The molecule has 0 aromatic heterocycles. The number of carbonyl (C=O) groups excluding carboxylic acids is 1. The number of rotatable bonds is 5. The number of urea groups is 1. The Balaban J connectivity index is 1.94. The zero-order valence-corrected chi connectivity index (χ0v) is 10.8. The molecule has 18 heavy (non-hydrogen) atoms. The van der Waals surface area contributed by atoms with Crippen LogP contribution < -0.4 is 15.5 Å². The van der Waals surface area contributed by atoms with E-state index < -0.39 is 0 Å². The highest BCUT2D eigenvalue weighted by Gasteiger charge is 2.26. The zero-order chi connectivity index (χ0) is 13.0. The van der Waals surface area contributed by atoms with Gasteiger partial charge in [0, 0.05) is 0 Å². The van der Waals surface area contributed by atoms with Gasteiger partial charge in [0.2, 0.25) is 0 Å².